The summed E-state index contributed by atoms with van der Waals surface area (Å²) in [5.74, 6) is -1.68. The summed E-state index contributed by atoms with van der Waals surface area (Å²) in [6.45, 7) is 4.04. The fourth-order valence-corrected chi connectivity index (χ4v) is 2.56. The SMILES string of the molecule is Cc1ccc(-c2csc(NC(=O)C=CC(=O)O)n2)c(C)c1. The maximum atomic E-state index is 11.5. The van der Waals surface area contributed by atoms with E-state index in [2.05, 4.69) is 16.4 Å². The minimum Gasteiger partial charge on any atom is -0.478 e. The highest BCUT2D eigenvalue weighted by Crippen LogP contribution is 2.27. The van der Waals surface area contributed by atoms with Gasteiger partial charge in [-0.3, -0.25) is 10.1 Å². The first-order chi connectivity index (χ1) is 9.95. The van der Waals surface area contributed by atoms with Crippen molar-refractivity contribution in [2.75, 3.05) is 5.32 Å². The van der Waals surface area contributed by atoms with E-state index in [0.717, 1.165) is 29.0 Å². The highest BCUT2D eigenvalue weighted by atomic mass is 32.1. The highest BCUT2D eigenvalue weighted by Gasteiger charge is 2.08. The summed E-state index contributed by atoms with van der Waals surface area (Å²) in [6, 6.07) is 6.08. The van der Waals surface area contributed by atoms with Gasteiger partial charge in [-0.2, -0.15) is 0 Å². The summed E-state index contributed by atoms with van der Waals surface area (Å²) >= 11 is 1.30. The maximum Gasteiger partial charge on any atom is 0.328 e. The standard InChI is InChI=1S/C15H14N2O3S/c1-9-3-4-11(10(2)7-9)12-8-21-15(16-12)17-13(18)5-6-14(19)20/h3-8H,1-2H3,(H,19,20)(H,16,17,18). The molecular weight excluding hydrogens is 288 g/mol. The van der Waals surface area contributed by atoms with Crippen LogP contribution in [-0.2, 0) is 9.59 Å². The van der Waals surface area contributed by atoms with Gasteiger partial charge in [0.15, 0.2) is 5.13 Å². The molecule has 0 aliphatic rings. The van der Waals surface area contributed by atoms with Crippen molar-refractivity contribution in [3.63, 3.8) is 0 Å². The average molecular weight is 302 g/mol. The Hall–Kier alpha value is -2.47. The van der Waals surface area contributed by atoms with Crippen LogP contribution in [0.25, 0.3) is 11.3 Å². The molecule has 2 aromatic rings. The lowest BCUT2D eigenvalue weighted by Gasteiger charge is -2.03. The Morgan fingerprint density at radius 2 is 2.05 bits per heavy atom. The minimum absolute atomic E-state index is 0.435. The number of aryl methyl sites for hydroxylation is 2. The molecule has 5 nitrogen and oxygen atoms in total. The van der Waals surface area contributed by atoms with Crippen molar-refractivity contribution < 1.29 is 14.7 Å². The summed E-state index contributed by atoms with van der Waals surface area (Å²) < 4.78 is 0. The number of aliphatic carboxylic acids is 1. The van der Waals surface area contributed by atoms with Crippen LogP contribution >= 0.6 is 11.3 Å². The summed E-state index contributed by atoms with van der Waals surface area (Å²) in [5.41, 5.74) is 4.09. The van der Waals surface area contributed by atoms with Gasteiger partial charge in [0.05, 0.1) is 5.69 Å². The zero-order chi connectivity index (χ0) is 15.4. The lowest BCUT2D eigenvalue weighted by atomic mass is 10.0. The maximum absolute atomic E-state index is 11.5. The first-order valence-corrected chi connectivity index (χ1v) is 7.09. The van der Waals surface area contributed by atoms with Crippen LogP contribution in [0.2, 0.25) is 0 Å². The van der Waals surface area contributed by atoms with E-state index < -0.39 is 11.9 Å². The molecule has 1 amide bonds. The summed E-state index contributed by atoms with van der Waals surface area (Å²) in [4.78, 5) is 26.2. The fourth-order valence-electron chi connectivity index (χ4n) is 1.85. The summed E-state index contributed by atoms with van der Waals surface area (Å²) in [7, 11) is 0. The van der Waals surface area contributed by atoms with Crippen LogP contribution in [-0.4, -0.2) is 22.0 Å². The molecule has 0 atom stereocenters. The zero-order valence-corrected chi connectivity index (χ0v) is 12.4. The van der Waals surface area contributed by atoms with Crippen LogP contribution < -0.4 is 5.32 Å². The smallest absolute Gasteiger partial charge is 0.328 e. The molecule has 2 rings (SSSR count). The molecule has 0 fully saturated rings. The Morgan fingerprint density at radius 3 is 2.71 bits per heavy atom. The Morgan fingerprint density at radius 1 is 1.29 bits per heavy atom. The fraction of sp³-hybridized carbons (Fsp3) is 0.133. The molecule has 21 heavy (non-hydrogen) atoms. The number of benzene rings is 1. The molecule has 0 saturated heterocycles. The molecule has 0 saturated carbocycles. The number of amides is 1. The number of carboxylic acid groups (broad SMARTS) is 1. The molecule has 108 valence electrons. The Labute approximate surface area is 126 Å². The van der Waals surface area contributed by atoms with E-state index in [-0.39, 0.29) is 0 Å². The van der Waals surface area contributed by atoms with Crippen LogP contribution in [0.3, 0.4) is 0 Å². The normalized spacial score (nSPS) is 10.8. The molecule has 0 spiro atoms. The van der Waals surface area contributed by atoms with E-state index in [1.54, 1.807) is 0 Å². The van der Waals surface area contributed by atoms with E-state index in [9.17, 15) is 9.59 Å². The van der Waals surface area contributed by atoms with Crippen LogP contribution in [0.4, 0.5) is 5.13 Å². The number of rotatable bonds is 4. The van der Waals surface area contributed by atoms with Crippen LogP contribution in [0, 0.1) is 13.8 Å². The van der Waals surface area contributed by atoms with Crippen molar-refractivity contribution in [2.24, 2.45) is 0 Å². The second-order valence-electron chi connectivity index (χ2n) is 4.52. The van der Waals surface area contributed by atoms with Gasteiger partial charge >= 0.3 is 5.97 Å². The third-order valence-electron chi connectivity index (χ3n) is 2.77. The molecule has 1 aromatic carbocycles. The van der Waals surface area contributed by atoms with E-state index in [1.165, 1.54) is 16.9 Å². The first-order valence-electron chi connectivity index (χ1n) is 6.21. The van der Waals surface area contributed by atoms with Gasteiger partial charge < -0.3 is 5.11 Å². The second-order valence-corrected chi connectivity index (χ2v) is 5.38. The molecule has 0 radical (unpaired) electrons. The van der Waals surface area contributed by atoms with Crippen LogP contribution in [0.1, 0.15) is 11.1 Å². The monoisotopic (exact) mass is 302 g/mol. The number of carboxylic acids is 1. The number of nitrogens with one attached hydrogen (secondary N) is 1. The minimum atomic E-state index is -1.17. The molecule has 0 aliphatic carbocycles. The number of nitrogens with zero attached hydrogens (tertiary/aromatic N) is 1. The number of aromatic nitrogens is 1. The quantitative estimate of drug-likeness (QED) is 0.851. The largest absolute Gasteiger partial charge is 0.478 e. The van der Waals surface area contributed by atoms with Gasteiger partial charge in [-0.1, -0.05) is 23.8 Å². The lowest BCUT2D eigenvalue weighted by molar-refractivity contribution is -0.131. The van der Waals surface area contributed by atoms with Gasteiger partial charge in [0.2, 0.25) is 5.91 Å². The lowest BCUT2D eigenvalue weighted by Crippen LogP contribution is -2.08. The predicted octanol–water partition coefficient (Wildman–Crippen LogP) is 3.01. The molecule has 1 heterocycles. The van der Waals surface area contributed by atoms with E-state index in [0.29, 0.717) is 5.13 Å². The topological polar surface area (TPSA) is 79.3 Å². The highest BCUT2D eigenvalue weighted by molar-refractivity contribution is 7.14. The number of hydrogen-bond donors (Lipinski definition) is 2. The van der Waals surface area contributed by atoms with E-state index >= 15 is 0 Å². The van der Waals surface area contributed by atoms with Gasteiger partial charge in [0.1, 0.15) is 0 Å². The van der Waals surface area contributed by atoms with Crippen LogP contribution in [0.15, 0.2) is 35.7 Å². The van der Waals surface area contributed by atoms with Crippen molar-refractivity contribution in [3.8, 4) is 11.3 Å². The Balaban J connectivity index is 2.15. The molecule has 1 aromatic heterocycles. The summed E-state index contributed by atoms with van der Waals surface area (Å²) in [6.07, 6.45) is 1.74. The van der Waals surface area contributed by atoms with Gasteiger partial charge in [-0.05, 0) is 19.4 Å². The molecule has 6 heteroatoms. The van der Waals surface area contributed by atoms with Gasteiger partial charge in [0.25, 0.3) is 0 Å². The zero-order valence-electron chi connectivity index (χ0n) is 11.6. The number of carbonyl (C=O) groups excluding carboxylic acids is 1. The van der Waals surface area contributed by atoms with Crippen LogP contribution in [0.5, 0.6) is 0 Å². The van der Waals surface area contributed by atoms with Crippen molar-refractivity contribution in [1.82, 2.24) is 4.98 Å². The third-order valence-corrected chi connectivity index (χ3v) is 3.53. The molecular formula is C15H14N2O3S. The second kappa shape index (κ2) is 6.32. The molecule has 0 bridgehead atoms. The number of thiazole rings is 1. The van der Waals surface area contributed by atoms with Crippen molar-refractivity contribution in [3.05, 3.63) is 46.9 Å². The van der Waals surface area contributed by atoms with Crippen molar-refractivity contribution in [2.45, 2.75) is 13.8 Å². The average Bonchev–Trinajstić information content (AvgIpc) is 2.84. The van der Waals surface area contributed by atoms with Crippen molar-refractivity contribution >= 4 is 28.3 Å². The molecule has 2 N–H and O–H groups in total. The Kier molecular flexibility index (Phi) is 4.49. The predicted molar refractivity (Wildman–Crippen MR) is 82.4 cm³/mol. The summed E-state index contributed by atoms with van der Waals surface area (Å²) in [5, 5.41) is 13.3. The van der Waals surface area contributed by atoms with Gasteiger partial charge in [-0.25, -0.2) is 9.78 Å². The van der Waals surface area contributed by atoms with E-state index in [4.69, 9.17) is 5.11 Å². The third kappa shape index (κ3) is 4.00. The van der Waals surface area contributed by atoms with Gasteiger partial charge in [0, 0.05) is 23.1 Å². The first kappa shape index (κ1) is 14.9. The Bertz CT molecular complexity index is 719. The van der Waals surface area contributed by atoms with Crippen molar-refractivity contribution in [1.29, 1.82) is 0 Å². The number of hydrogen-bond acceptors (Lipinski definition) is 4. The van der Waals surface area contributed by atoms with Gasteiger partial charge in [-0.15, -0.1) is 11.3 Å². The number of anilines is 1. The van der Waals surface area contributed by atoms with E-state index in [1.807, 2.05) is 31.4 Å². The molecule has 0 aliphatic heterocycles. The number of carbonyl (C=O) groups is 2. The molecule has 0 unspecified atom stereocenters.